The van der Waals surface area contributed by atoms with E-state index in [9.17, 15) is 8.42 Å². The molecular weight excluding hydrogens is 262 g/mol. The standard InChI is InChI=1S/C13H19N3O2S/c1-10-4-2-5-11(8-10)16-13(14)15-9-12-6-3-7-19(12,17)18/h2,4-5,8,12H,3,6-7,9H2,1H3,(H3,14,15,16). The molecule has 1 unspecified atom stereocenters. The van der Waals surface area contributed by atoms with Crippen LogP contribution in [0.4, 0.5) is 5.69 Å². The van der Waals surface area contributed by atoms with Gasteiger partial charge in [0.1, 0.15) is 0 Å². The molecule has 0 amide bonds. The van der Waals surface area contributed by atoms with Crippen molar-refractivity contribution in [1.29, 1.82) is 0 Å². The molecule has 0 saturated carbocycles. The third kappa shape index (κ3) is 3.70. The minimum absolute atomic E-state index is 0.243. The molecule has 2 rings (SSSR count). The Morgan fingerprint density at radius 1 is 1.53 bits per heavy atom. The van der Waals surface area contributed by atoms with Crippen LogP contribution < -0.4 is 11.1 Å². The van der Waals surface area contributed by atoms with E-state index in [0.717, 1.165) is 17.7 Å². The fraction of sp³-hybridized carbons (Fsp3) is 0.462. The molecule has 1 atom stereocenters. The Balaban J connectivity index is 1.96. The number of guanidine groups is 1. The van der Waals surface area contributed by atoms with E-state index in [-0.39, 0.29) is 23.5 Å². The van der Waals surface area contributed by atoms with Crippen LogP contribution in [0.5, 0.6) is 0 Å². The summed E-state index contributed by atoms with van der Waals surface area (Å²) in [7, 11) is -2.95. The van der Waals surface area contributed by atoms with Crippen molar-refractivity contribution in [3.63, 3.8) is 0 Å². The summed E-state index contributed by atoms with van der Waals surface area (Å²) in [6.07, 6.45) is 1.41. The molecule has 0 aliphatic carbocycles. The number of aryl methyl sites for hydroxylation is 1. The van der Waals surface area contributed by atoms with E-state index < -0.39 is 9.84 Å². The van der Waals surface area contributed by atoms with E-state index in [0.29, 0.717) is 6.42 Å². The van der Waals surface area contributed by atoms with E-state index in [2.05, 4.69) is 10.3 Å². The van der Waals surface area contributed by atoms with Gasteiger partial charge in [0.15, 0.2) is 15.8 Å². The molecule has 3 N–H and O–H groups in total. The molecule has 0 spiro atoms. The molecule has 1 fully saturated rings. The molecule has 1 saturated heterocycles. The predicted molar refractivity (Wildman–Crippen MR) is 78.1 cm³/mol. The average Bonchev–Trinajstić information content (AvgIpc) is 2.66. The summed E-state index contributed by atoms with van der Waals surface area (Å²) in [6.45, 7) is 2.23. The van der Waals surface area contributed by atoms with Crippen LogP contribution in [-0.4, -0.2) is 31.9 Å². The van der Waals surface area contributed by atoms with Crippen LogP contribution in [0.3, 0.4) is 0 Å². The molecule has 0 bridgehead atoms. The van der Waals surface area contributed by atoms with Crippen molar-refractivity contribution in [3.8, 4) is 0 Å². The van der Waals surface area contributed by atoms with E-state index in [1.165, 1.54) is 0 Å². The molecule has 0 radical (unpaired) electrons. The van der Waals surface area contributed by atoms with E-state index >= 15 is 0 Å². The predicted octanol–water partition coefficient (Wildman–Crippen LogP) is 1.30. The van der Waals surface area contributed by atoms with Crippen LogP contribution in [-0.2, 0) is 9.84 Å². The highest BCUT2D eigenvalue weighted by atomic mass is 32.2. The maximum atomic E-state index is 11.6. The van der Waals surface area contributed by atoms with Crippen molar-refractivity contribution in [2.24, 2.45) is 10.7 Å². The minimum Gasteiger partial charge on any atom is -0.370 e. The molecule has 1 aliphatic heterocycles. The summed E-state index contributed by atoms with van der Waals surface area (Å²) < 4.78 is 23.3. The smallest absolute Gasteiger partial charge is 0.193 e. The van der Waals surface area contributed by atoms with Crippen LogP contribution in [0.25, 0.3) is 0 Å². The van der Waals surface area contributed by atoms with Gasteiger partial charge in [-0.1, -0.05) is 12.1 Å². The van der Waals surface area contributed by atoms with Gasteiger partial charge in [-0.3, -0.25) is 4.99 Å². The Kier molecular flexibility index (Phi) is 4.09. The number of anilines is 1. The van der Waals surface area contributed by atoms with Gasteiger partial charge in [0.25, 0.3) is 0 Å². The first-order valence-corrected chi connectivity index (χ1v) is 8.04. The number of benzene rings is 1. The second-order valence-corrected chi connectivity index (χ2v) is 7.25. The molecule has 1 aliphatic rings. The lowest BCUT2D eigenvalue weighted by molar-refractivity contribution is 0.590. The van der Waals surface area contributed by atoms with Gasteiger partial charge in [0, 0.05) is 5.69 Å². The summed E-state index contributed by atoms with van der Waals surface area (Å²) in [6, 6.07) is 7.76. The fourth-order valence-corrected chi connectivity index (χ4v) is 3.90. The van der Waals surface area contributed by atoms with Crippen LogP contribution in [0.1, 0.15) is 18.4 Å². The van der Waals surface area contributed by atoms with Crippen LogP contribution >= 0.6 is 0 Å². The third-order valence-electron chi connectivity index (χ3n) is 3.22. The van der Waals surface area contributed by atoms with Gasteiger partial charge in [-0.2, -0.15) is 0 Å². The quantitative estimate of drug-likeness (QED) is 0.646. The molecular formula is C13H19N3O2S. The van der Waals surface area contributed by atoms with Gasteiger partial charge in [-0.05, 0) is 37.5 Å². The zero-order chi connectivity index (χ0) is 13.9. The maximum absolute atomic E-state index is 11.6. The molecule has 1 aromatic carbocycles. The topological polar surface area (TPSA) is 84.5 Å². The molecule has 6 heteroatoms. The SMILES string of the molecule is Cc1cccc(NC(N)=NCC2CCCS2(=O)=O)c1. The van der Waals surface area contributed by atoms with Gasteiger partial charge in [-0.25, -0.2) is 8.42 Å². The third-order valence-corrected chi connectivity index (χ3v) is 5.48. The number of nitrogens with zero attached hydrogens (tertiary/aromatic N) is 1. The average molecular weight is 281 g/mol. The normalized spacial score (nSPS) is 22.4. The van der Waals surface area contributed by atoms with Crippen molar-refractivity contribution < 1.29 is 8.42 Å². The molecule has 5 nitrogen and oxygen atoms in total. The van der Waals surface area contributed by atoms with Crippen molar-refractivity contribution in [2.45, 2.75) is 25.0 Å². The Labute approximate surface area is 113 Å². The summed E-state index contributed by atoms with van der Waals surface area (Å²) in [4.78, 5) is 4.13. The summed E-state index contributed by atoms with van der Waals surface area (Å²) >= 11 is 0. The van der Waals surface area contributed by atoms with Crippen molar-refractivity contribution in [3.05, 3.63) is 29.8 Å². The Morgan fingerprint density at radius 2 is 2.32 bits per heavy atom. The highest BCUT2D eigenvalue weighted by Crippen LogP contribution is 2.20. The zero-order valence-electron chi connectivity index (χ0n) is 11.0. The lowest BCUT2D eigenvalue weighted by atomic mass is 10.2. The Bertz CT molecular complexity index is 581. The Morgan fingerprint density at radius 3 is 2.95 bits per heavy atom. The van der Waals surface area contributed by atoms with Gasteiger partial charge >= 0.3 is 0 Å². The molecule has 0 aromatic heterocycles. The van der Waals surface area contributed by atoms with Gasteiger partial charge < -0.3 is 11.1 Å². The number of aliphatic imine (C=N–C) groups is 1. The van der Waals surface area contributed by atoms with Crippen molar-refractivity contribution in [1.82, 2.24) is 0 Å². The van der Waals surface area contributed by atoms with Gasteiger partial charge in [0.05, 0.1) is 17.5 Å². The van der Waals surface area contributed by atoms with E-state index in [4.69, 9.17) is 5.73 Å². The second kappa shape index (κ2) is 5.61. The lowest BCUT2D eigenvalue weighted by Crippen LogP contribution is -2.26. The van der Waals surface area contributed by atoms with Gasteiger partial charge in [0.2, 0.25) is 0 Å². The molecule has 104 valence electrons. The maximum Gasteiger partial charge on any atom is 0.193 e. The number of sulfone groups is 1. The number of nitrogens with two attached hydrogens (primary N) is 1. The molecule has 1 heterocycles. The van der Waals surface area contributed by atoms with Crippen molar-refractivity contribution in [2.75, 3.05) is 17.6 Å². The largest absolute Gasteiger partial charge is 0.370 e. The van der Waals surface area contributed by atoms with Crippen LogP contribution in [0.15, 0.2) is 29.3 Å². The second-order valence-electron chi connectivity index (χ2n) is 4.85. The summed E-state index contributed by atoms with van der Waals surface area (Å²) in [5.41, 5.74) is 7.74. The first kappa shape index (κ1) is 13.9. The van der Waals surface area contributed by atoms with Crippen LogP contribution in [0, 0.1) is 6.92 Å². The van der Waals surface area contributed by atoms with E-state index in [1.54, 1.807) is 0 Å². The monoisotopic (exact) mass is 281 g/mol. The molecule has 19 heavy (non-hydrogen) atoms. The number of hydrogen-bond acceptors (Lipinski definition) is 3. The first-order chi connectivity index (χ1) is 8.97. The summed E-state index contributed by atoms with van der Waals surface area (Å²) in [5, 5.41) is 2.60. The number of nitrogens with one attached hydrogen (secondary N) is 1. The minimum atomic E-state index is -2.95. The Hall–Kier alpha value is -1.56. The van der Waals surface area contributed by atoms with Crippen molar-refractivity contribution >= 4 is 21.5 Å². The highest BCUT2D eigenvalue weighted by molar-refractivity contribution is 7.92. The van der Waals surface area contributed by atoms with Crippen LogP contribution in [0.2, 0.25) is 0 Å². The first-order valence-electron chi connectivity index (χ1n) is 6.32. The molecule has 1 aromatic rings. The fourth-order valence-electron chi connectivity index (χ4n) is 2.17. The van der Waals surface area contributed by atoms with E-state index in [1.807, 2.05) is 31.2 Å². The highest BCUT2D eigenvalue weighted by Gasteiger charge is 2.30. The summed E-state index contributed by atoms with van der Waals surface area (Å²) in [5.74, 6) is 0.533. The lowest BCUT2D eigenvalue weighted by Gasteiger charge is -2.08. The number of rotatable bonds is 3. The zero-order valence-corrected chi connectivity index (χ0v) is 11.8. The van der Waals surface area contributed by atoms with Gasteiger partial charge in [-0.15, -0.1) is 0 Å². The number of hydrogen-bond donors (Lipinski definition) is 2.